The third-order valence-corrected chi connectivity index (χ3v) is 4.87. The van der Waals surface area contributed by atoms with Crippen molar-refractivity contribution in [2.45, 2.75) is 64.7 Å². The Morgan fingerprint density at radius 1 is 1.13 bits per heavy atom. The molecule has 1 aromatic carbocycles. The van der Waals surface area contributed by atoms with E-state index in [-0.39, 0.29) is 5.97 Å². The Morgan fingerprint density at radius 2 is 1.65 bits per heavy atom. The van der Waals surface area contributed by atoms with Crippen LogP contribution in [0.25, 0.3) is 0 Å². The van der Waals surface area contributed by atoms with Crippen molar-refractivity contribution >= 4 is 5.97 Å². The molecule has 5 heteroatoms. The molecule has 0 atom stereocenters. The number of hydrogen-bond acceptors (Lipinski definition) is 2. The van der Waals surface area contributed by atoms with Crippen molar-refractivity contribution in [1.29, 1.82) is 0 Å². The summed E-state index contributed by atoms with van der Waals surface area (Å²) in [5, 5.41) is 0. The number of rotatable bonds is 4. The third-order valence-electron chi connectivity index (χ3n) is 4.87. The van der Waals surface area contributed by atoms with E-state index in [2.05, 4.69) is 0 Å². The van der Waals surface area contributed by atoms with Gasteiger partial charge in [-0.2, -0.15) is 13.2 Å². The normalized spacial score (nSPS) is 18.0. The summed E-state index contributed by atoms with van der Waals surface area (Å²) in [6.07, 6.45) is -0.591. The molecule has 0 bridgehead atoms. The third kappa shape index (κ3) is 3.70. The van der Waals surface area contributed by atoms with Gasteiger partial charge >= 0.3 is 12.1 Å². The summed E-state index contributed by atoms with van der Waals surface area (Å²) in [5.41, 5.74) is -1.41. The Kier molecular flexibility index (Phi) is 4.79. The standard InChI is InChI=1S/C18H23F3O2/c1-4-16(2,3)15(22)23-17(11-5-6-12-17)13-7-9-14(10-8-13)18(19,20)21/h7-10H,4-6,11-12H2,1-3H3. The molecule has 0 amide bonds. The largest absolute Gasteiger partial charge is 0.454 e. The lowest BCUT2D eigenvalue weighted by atomic mass is 9.87. The van der Waals surface area contributed by atoms with Crippen LogP contribution in [0, 0.1) is 5.41 Å². The van der Waals surface area contributed by atoms with Crippen LogP contribution in [0.4, 0.5) is 13.2 Å². The molecule has 0 N–H and O–H groups in total. The molecule has 0 unspecified atom stereocenters. The summed E-state index contributed by atoms with van der Waals surface area (Å²) in [6.45, 7) is 5.57. The number of carbonyl (C=O) groups excluding carboxylic acids is 1. The minimum Gasteiger partial charge on any atom is -0.454 e. The summed E-state index contributed by atoms with van der Waals surface area (Å²) in [5.74, 6) is -0.290. The van der Waals surface area contributed by atoms with Crippen LogP contribution in [0.15, 0.2) is 24.3 Å². The lowest BCUT2D eigenvalue weighted by molar-refractivity contribution is -0.171. The highest BCUT2D eigenvalue weighted by molar-refractivity contribution is 5.76. The highest BCUT2D eigenvalue weighted by Gasteiger charge is 2.43. The zero-order valence-corrected chi connectivity index (χ0v) is 13.8. The molecule has 0 heterocycles. The van der Waals surface area contributed by atoms with E-state index in [1.807, 2.05) is 20.8 Å². The average molecular weight is 328 g/mol. The van der Waals surface area contributed by atoms with E-state index in [9.17, 15) is 18.0 Å². The van der Waals surface area contributed by atoms with E-state index in [4.69, 9.17) is 4.74 Å². The van der Waals surface area contributed by atoms with E-state index >= 15 is 0 Å². The number of esters is 1. The van der Waals surface area contributed by atoms with Gasteiger partial charge in [-0.1, -0.05) is 19.1 Å². The fourth-order valence-corrected chi connectivity index (χ4v) is 2.82. The van der Waals surface area contributed by atoms with Gasteiger partial charge in [0, 0.05) is 0 Å². The van der Waals surface area contributed by atoms with E-state index in [0.29, 0.717) is 24.8 Å². The SMILES string of the molecule is CCC(C)(C)C(=O)OC1(c2ccc(C(F)(F)F)cc2)CCCC1. The fourth-order valence-electron chi connectivity index (χ4n) is 2.82. The molecule has 1 fully saturated rings. The Balaban J connectivity index is 2.29. The molecular formula is C18H23F3O2. The number of ether oxygens (including phenoxy) is 1. The molecule has 1 aliphatic rings. The maximum atomic E-state index is 12.7. The average Bonchev–Trinajstić information content (AvgIpc) is 2.96. The molecule has 0 aliphatic heterocycles. The van der Waals surface area contributed by atoms with Crippen molar-refractivity contribution in [2.24, 2.45) is 5.41 Å². The minimum absolute atomic E-state index is 0.290. The van der Waals surface area contributed by atoms with Crippen LogP contribution >= 0.6 is 0 Å². The number of halogens is 3. The summed E-state index contributed by atoms with van der Waals surface area (Å²) in [4.78, 5) is 12.5. The predicted octanol–water partition coefficient (Wildman–Crippen LogP) is 5.45. The number of alkyl halides is 3. The second-order valence-electron chi connectivity index (χ2n) is 6.90. The molecule has 1 aromatic rings. The van der Waals surface area contributed by atoms with Crippen LogP contribution in [0.3, 0.4) is 0 Å². The van der Waals surface area contributed by atoms with E-state index < -0.39 is 22.8 Å². The minimum atomic E-state index is -4.36. The fraction of sp³-hybridized carbons (Fsp3) is 0.611. The zero-order valence-electron chi connectivity index (χ0n) is 13.8. The first kappa shape index (κ1) is 17.8. The van der Waals surface area contributed by atoms with Crippen LogP contribution in [0.2, 0.25) is 0 Å². The number of hydrogen-bond donors (Lipinski definition) is 0. The maximum absolute atomic E-state index is 12.7. The van der Waals surface area contributed by atoms with Crippen molar-refractivity contribution in [1.82, 2.24) is 0 Å². The van der Waals surface area contributed by atoms with Gasteiger partial charge in [-0.3, -0.25) is 4.79 Å². The lowest BCUT2D eigenvalue weighted by Gasteiger charge is -2.33. The number of carbonyl (C=O) groups is 1. The molecule has 1 aliphatic carbocycles. The monoisotopic (exact) mass is 328 g/mol. The highest BCUT2D eigenvalue weighted by atomic mass is 19.4. The lowest BCUT2D eigenvalue weighted by Crippen LogP contribution is -2.36. The molecular weight excluding hydrogens is 305 g/mol. The first-order valence-corrected chi connectivity index (χ1v) is 8.02. The van der Waals surface area contributed by atoms with Crippen molar-refractivity contribution in [3.8, 4) is 0 Å². The smallest absolute Gasteiger partial charge is 0.416 e. The van der Waals surface area contributed by atoms with Gasteiger partial charge in [0.2, 0.25) is 0 Å². The quantitative estimate of drug-likeness (QED) is 0.687. The first-order valence-electron chi connectivity index (χ1n) is 8.02. The first-order chi connectivity index (χ1) is 10.6. The second-order valence-corrected chi connectivity index (χ2v) is 6.90. The highest BCUT2D eigenvalue weighted by Crippen LogP contribution is 2.44. The summed E-state index contributed by atoms with van der Waals surface area (Å²) >= 11 is 0. The van der Waals surface area contributed by atoms with Gasteiger partial charge in [0.1, 0.15) is 5.60 Å². The zero-order chi connectivity index (χ0) is 17.3. The van der Waals surface area contributed by atoms with E-state index in [1.54, 1.807) is 0 Å². The molecule has 128 valence electrons. The number of benzene rings is 1. The Bertz CT molecular complexity index is 553. The topological polar surface area (TPSA) is 26.3 Å². The molecule has 2 nitrogen and oxygen atoms in total. The van der Waals surface area contributed by atoms with Crippen LogP contribution in [0.1, 0.15) is 64.0 Å². The summed E-state index contributed by atoms with van der Waals surface area (Å²) < 4.78 is 44.0. The van der Waals surface area contributed by atoms with Crippen molar-refractivity contribution in [3.05, 3.63) is 35.4 Å². The van der Waals surface area contributed by atoms with Crippen LogP contribution < -0.4 is 0 Å². The second kappa shape index (κ2) is 6.17. The van der Waals surface area contributed by atoms with E-state index in [0.717, 1.165) is 25.0 Å². The van der Waals surface area contributed by atoms with E-state index in [1.165, 1.54) is 12.1 Å². The molecule has 0 radical (unpaired) electrons. The van der Waals surface area contributed by atoms with Crippen LogP contribution in [-0.4, -0.2) is 5.97 Å². The molecule has 23 heavy (non-hydrogen) atoms. The Hall–Kier alpha value is -1.52. The van der Waals surface area contributed by atoms with Crippen molar-refractivity contribution < 1.29 is 22.7 Å². The Morgan fingerprint density at radius 3 is 2.09 bits per heavy atom. The van der Waals surface area contributed by atoms with Gasteiger partial charge in [-0.05, 0) is 63.6 Å². The van der Waals surface area contributed by atoms with Gasteiger partial charge in [0.05, 0.1) is 11.0 Å². The summed E-state index contributed by atoms with van der Waals surface area (Å²) in [7, 11) is 0. The Labute approximate surface area is 135 Å². The molecule has 1 saturated carbocycles. The van der Waals surface area contributed by atoms with Crippen molar-refractivity contribution in [2.75, 3.05) is 0 Å². The van der Waals surface area contributed by atoms with Crippen LogP contribution in [-0.2, 0) is 21.3 Å². The van der Waals surface area contributed by atoms with Crippen LogP contribution in [0.5, 0.6) is 0 Å². The molecule has 0 spiro atoms. The maximum Gasteiger partial charge on any atom is 0.416 e. The molecule has 0 aromatic heterocycles. The van der Waals surface area contributed by atoms with Crippen molar-refractivity contribution in [3.63, 3.8) is 0 Å². The molecule has 2 rings (SSSR count). The van der Waals surface area contributed by atoms with Gasteiger partial charge in [-0.15, -0.1) is 0 Å². The van der Waals surface area contributed by atoms with Gasteiger partial charge in [0.25, 0.3) is 0 Å². The summed E-state index contributed by atoms with van der Waals surface area (Å²) in [6, 6.07) is 5.02. The predicted molar refractivity (Wildman–Crippen MR) is 81.8 cm³/mol. The molecule has 0 saturated heterocycles. The van der Waals surface area contributed by atoms with Gasteiger partial charge in [-0.25, -0.2) is 0 Å². The van der Waals surface area contributed by atoms with Gasteiger partial charge in [0.15, 0.2) is 0 Å². The van der Waals surface area contributed by atoms with Gasteiger partial charge < -0.3 is 4.74 Å².